The molecule has 20 heavy (non-hydrogen) atoms. The third-order valence-corrected chi connectivity index (χ3v) is 4.94. The Labute approximate surface area is 139 Å². The van der Waals surface area contributed by atoms with Crippen LogP contribution in [0.5, 0.6) is 0 Å². The molecule has 1 aliphatic carbocycles. The highest BCUT2D eigenvalue weighted by Crippen LogP contribution is 2.25. The second-order valence-electron chi connectivity index (χ2n) is 4.99. The molecule has 6 heteroatoms. The fourth-order valence-electron chi connectivity index (χ4n) is 2.57. The van der Waals surface area contributed by atoms with Gasteiger partial charge in [0.15, 0.2) is 0 Å². The standard InChI is InChI=1S/C14H18BrClN2O.ClH/c15-11-6-5-9(7-12(11)16)14(19)18-13-4-2-1-3-10(13)8-17;/h5-7,10,13H,1-4,8,17H2,(H,18,19);1H. The number of nitrogens with one attached hydrogen (secondary N) is 1. The smallest absolute Gasteiger partial charge is 0.251 e. The Morgan fingerprint density at radius 3 is 2.75 bits per heavy atom. The van der Waals surface area contributed by atoms with Gasteiger partial charge in [-0.05, 0) is 59.4 Å². The molecule has 112 valence electrons. The van der Waals surface area contributed by atoms with Crippen LogP contribution in [0, 0.1) is 5.92 Å². The molecule has 0 aliphatic heterocycles. The van der Waals surface area contributed by atoms with Crippen molar-refractivity contribution in [2.45, 2.75) is 31.7 Å². The third kappa shape index (κ3) is 4.35. The topological polar surface area (TPSA) is 55.1 Å². The van der Waals surface area contributed by atoms with Crippen LogP contribution >= 0.6 is 39.9 Å². The molecule has 1 fully saturated rings. The number of halogens is 3. The number of hydrogen-bond acceptors (Lipinski definition) is 2. The van der Waals surface area contributed by atoms with Crippen LogP contribution in [0.4, 0.5) is 0 Å². The summed E-state index contributed by atoms with van der Waals surface area (Å²) in [5, 5.41) is 3.64. The van der Waals surface area contributed by atoms with Gasteiger partial charge in [0.05, 0.1) is 5.02 Å². The minimum Gasteiger partial charge on any atom is -0.349 e. The number of benzene rings is 1. The number of hydrogen-bond donors (Lipinski definition) is 2. The maximum Gasteiger partial charge on any atom is 0.251 e. The van der Waals surface area contributed by atoms with Gasteiger partial charge in [0.1, 0.15) is 0 Å². The van der Waals surface area contributed by atoms with Gasteiger partial charge in [-0.2, -0.15) is 0 Å². The molecule has 3 nitrogen and oxygen atoms in total. The fraction of sp³-hybridized carbons (Fsp3) is 0.500. The fourth-order valence-corrected chi connectivity index (χ4v) is 3.00. The maximum atomic E-state index is 12.2. The molecule has 2 unspecified atom stereocenters. The summed E-state index contributed by atoms with van der Waals surface area (Å²) < 4.78 is 0.795. The molecule has 0 heterocycles. The van der Waals surface area contributed by atoms with Gasteiger partial charge < -0.3 is 11.1 Å². The van der Waals surface area contributed by atoms with Gasteiger partial charge in [-0.25, -0.2) is 0 Å². The van der Waals surface area contributed by atoms with E-state index in [1.165, 1.54) is 6.42 Å². The van der Waals surface area contributed by atoms with E-state index < -0.39 is 0 Å². The van der Waals surface area contributed by atoms with Crippen molar-refractivity contribution in [3.05, 3.63) is 33.3 Å². The van der Waals surface area contributed by atoms with Crippen LogP contribution in [-0.4, -0.2) is 18.5 Å². The second-order valence-corrected chi connectivity index (χ2v) is 6.25. The van der Waals surface area contributed by atoms with Gasteiger partial charge in [-0.3, -0.25) is 4.79 Å². The highest BCUT2D eigenvalue weighted by atomic mass is 79.9. The zero-order chi connectivity index (χ0) is 13.8. The molecule has 1 aromatic carbocycles. The first-order valence-electron chi connectivity index (χ1n) is 6.58. The predicted molar refractivity (Wildman–Crippen MR) is 88.7 cm³/mol. The number of carbonyl (C=O) groups is 1. The lowest BCUT2D eigenvalue weighted by atomic mass is 9.84. The summed E-state index contributed by atoms with van der Waals surface area (Å²) in [6.07, 6.45) is 4.47. The quantitative estimate of drug-likeness (QED) is 0.837. The van der Waals surface area contributed by atoms with Gasteiger partial charge in [-0.1, -0.05) is 24.4 Å². The van der Waals surface area contributed by atoms with Crippen molar-refractivity contribution in [1.82, 2.24) is 5.32 Å². The molecule has 0 bridgehead atoms. The average Bonchev–Trinajstić information content (AvgIpc) is 2.42. The Hall–Kier alpha value is -0.290. The van der Waals surface area contributed by atoms with E-state index in [9.17, 15) is 4.79 Å². The Morgan fingerprint density at radius 2 is 2.10 bits per heavy atom. The van der Waals surface area contributed by atoms with Gasteiger partial charge in [0, 0.05) is 16.1 Å². The number of nitrogens with two attached hydrogens (primary N) is 1. The average molecular weight is 382 g/mol. The first kappa shape index (κ1) is 17.8. The van der Waals surface area contributed by atoms with Crippen LogP contribution in [0.3, 0.4) is 0 Å². The van der Waals surface area contributed by atoms with E-state index in [1.54, 1.807) is 18.2 Å². The molecule has 1 amide bonds. The number of rotatable bonds is 3. The second kappa shape index (κ2) is 8.23. The molecule has 1 aromatic rings. The Kier molecular flexibility index (Phi) is 7.30. The van der Waals surface area contributed by atoms with Gasteiger partial charge in [0.2, 0.25) is 0 Å². The van der Waals surface area contributed by atoms with Gasteiger partial charge in [0.25, 0.3) is 5.91 Å². The van der Waals surface area contributed by atoms with E-state index in [2.05, 4.69) is 21.2 Å². The molecule has 3 N–H and O–H groups in total. The van der Waals surface area contributed by atoms with E-state index in [4.69, 9.17) is 17.3 Å². The SMILES string of the molecule is Cl.NCC1CCCCC1NC(=O)c1ccc(Br)c(Cl)c1. The van der Waals surface area contributed by atoms with Crippen molar-refractivity contribution < 1.29 is 4.79 Å². The minimum absolute atomic E-state index is 0. The molecule has 0 saturated heterocycles. The molecule has 1 saturated carbocycles. The lowest BCUT2D eigenvalue weighted by molar-refractivity contribution is 0.0908. The maximum absolute atomic E-state index is 12.2. The van der Waals surface area contributed by atoms with E-state index >= 15 is 0 Å². The summed E-state index contributed by atoms with van der Waals surface area (Å²) in [6.45, 7) is 0.631. The Balaban J connectivity index is 0.00000200. The summed E-state index contributed by atoms with van der Waals surface area (Å²) in [7, 11) is 0. The molecule has 0 aromatic heterocycles. The van der Waals surface area contributed by atoms with Crippen LogP contribution < -0.4 is 11.1 Å². The van der Waals surface area contributed by atoms with Crippen LogP contribution in [0.15, 0.2) is 22.7 Å². The largest absolute Gasteiger partial charge is 0.349 e. The van der Waals surface area contributed by atoms with E-state index in [0.717, 1.165) is 23.7 Å². The van der Waals surface area contributed by atoms with Gasteiger partial charge in [-0.15, -0.1) is 12.4 Å². The van der Waals surface area contributed by atoms with Gasteiger partial charge >= 0.3 is 0 Å². The molecular formula is C14H19BrCl2N2O. The first-order chi connectivity index (χ1) is 9.11. The lowest BCUT2D eigenvalue weighted by Crippen LogP contribution is -2.44. The van der Waals surface area contributed by atoms with Crippen molar-refractivity contribution >= 4 is 45.8 Å². The molecule has 0 spiro atoms. The zero-order valence-corrected chi connectivity index (χ0v) is 14.2. The molecular weight excluding hydrogens is 363 g/mol. The van der Waals surface area contributed by atoms with Crippen molar-refractivity contribution in [1.29, 1.82) is 0 Å². The van der Waals surface area contributed by atoms with Crippen LogP contribution in [0.1, 0.15) is 36.0 Å². The molecule has 0 radical (unpaired) electrons. The zero-order valence-electron chi connectivity index (χ0n) is 11.1. The summed E-state index contributed by atoms with van der Waals surface area (Å²) in [4.78, 5) is 12.2. The van der Waals surface area contributed by atoms with E-state index in [0.29, 0.717) is 23.0 Å². The van der Waals surface area contributed by atoms with Crippen LogP contribution in [0.2, 0.25) is 5.02 Å². The van der Waals surface area contributed by atoms with Crippen molar-refractivity contribution in [2.75, 3.05) is 6.54 Å². The van der Waals surface area contributed by atoms with Crippen molar-refractivity contribution in [3.8, 4) is 0 Å². The minimum atomic E-state index is -0.0697. The molecule has 2 rings (SSSR count). The summed E-state index contributed by atoms with van der Waals surface area (Å²) in [5.74, 6) is 0.323. The molecule has 2 atom stereocenters. The van der Waals surface area contributed by atoms with E-state index in [1.807, 2.05) is 0 Å². The van der Waals surface area contributed by atoms with E-state index in [-0.39, 0.29) is 24.4 Å². The highest BCUT2D eigenvalue weighted by molar-refractivity contribution is 9.10. The van der Waals surface area contributed by atoms with Crippen molar-refractivity contribution in [2.24, 2.45) is 11.7 Å². The van der Waals surface area contributed by atoms with Crippen LogP contribution in [0.25, 0.3) is 0 Å². The number of carbonyl (C=O) groups excluding carboxylic acids is 1. The Morgan fingerprint density at radius 1 is 1.40 bits per heavy atom. The normalized spacial score (nSPS) is 21.9. The summed E-state index contributed by atoms with van der Waals surface area (Å²) in [6, 6.07) is 5.43. The summed E-state index contributed by atoms with van der Waals surface area (Å²) in [5.41, 5.74) is 6.37. The molecule has 1 aliphatic rings. The third-order valence-electron chi connectivity index (χ3n) is 3.71. The first-order valence-corrected chi connectivity index (χ1v) is 7.75. The highest BCUT2D eigenvalue weighted by Gasteiger charge is 2.25. The Bertz CT molecular complexity index is 470. The van der Waals surface area contributed by atoms with Crippen LogP contribution in [-0.2, 0) is 0 Å². The monoisotopic (exact) mass is 380 g/mol. The lowest BCUT2D eigenvalue weighted by Gasteiger charge is -2.31. The number of amides is 1. The predicted octanol–water partition coefficient (Wildman–Crippen LogP) is 3.77. The summed E-state index contributed by atoms with van der Waals surface area (Å²) >= 11 is 9.33. The van der Waals surface area contributed by atoms with Crippen molar-refractivity contribution in [3.63, 3.8) is 0 Å².